The van der Waals surface area contributed by atoms with Gasteiger partial charge in [0.1, 0.15) is 5.75 Å². The minimum Gasteiger partial charge on any atom is -0.496 e. The van der Waals surface area contributed by atoms with E-state index in [1.54, 1.807) is 13.3 Å². The highest BCUT2D eigenvalue weighted by molar-refractivity contribution is 8.00. The standard InChI is InChI=1S/C19H28N4O3S/c1-11-8-20-13(12(2)18(11)26-3)9-21-16(24)7-5-4-6-15-17-14(10-27-15)22-19(25)23-17/h8,14-15,17H,4-7,9-10H2,1-3H3,(H,21,24)(H2,22,23,25)/t14-,15-,17-/m0/s1. The molecule has 27 heavy (non-hydrogen) atoms. The van der Waals surface area contributed by atoms with Crippen LogP contribution in [-0.2, 0) is 11.3 Å². The number of nitrogens with zero attached hydrogens (tertiary/aromatic N) is 1. The normalized spacial score (nSPS) is 23.5. The summed E-state index contributed by atoms with van der Waals surface area (Å²) in [6, 6.07) is 0.450. The lowest BCUT2D eigenvalue weighted by Crippen LogP contribution is -2.36. The number of unbranched alkanes of at least 4 members (excludes halogenated alkanes) is 1. The molecule has 2 fully saturated rings. The molecule has 0 aliphatic carbocycles. The van der Waals surface area contributed by atoms with E-state index in [1.165, 1.54) is 0 Å². The van der Waals surface area contributed by atoms with Crippen molar-refractivity contribution in [2.24, 2.45) is 0 Å². The fourth-order valence-corrected chi connectivity index (χ4v) is 5.34. The van der Waals surface area contributed by atoms with Crippen LogP contribution in [0.25, 0.3) is 0 Å². The summed E-state index contributed by atoms with van der Waals surface area (Å²) in [5.41, 5.74) is 2.80. The third-order valence-electron chi connectivity index (χ3n) is 5.28. The number of thioether (sulfide) groups is 1. The summed E-state index contributed by atoms with van der Waals surface area (Å²) in [6.07, 6.45) is 5.15. The number of carbonyl (C=O) groups is 2. The number of hydrogen-bond acceptors (Lipinski definition) is 5. The van der Waals surface area contributed by atoms with Crippen LogP contribution in [-0.4, -0.2) is 47.1 Å². The average molecular weight is 393 g/mol. The Balaban J connectivity index is 1.36. The first-order valence-electron chi connectivity index (χ1n) is 9.44. The quantitative estimate of drug-likeness (QED) is 0.465. The Bertz CT molecular complexity index is 712. The van der Waals surface area contributed by atoms with Gasteiger partial charge in [-0.3, -0.25) is 9.78 Å². The van der Waals surface area contributed by atoms with Crippen LogP contribution in [0.5, 0.6) is 5.75 Å². The third-order valence-corrected chi connectivity index (χ3v) is 6.79. The maximum Gasteiger partial charge on any atom is 0.315 e. The molecule has 2 aliphatic rings. The molecule has 8 heteroatoms. The number of amides is 3. The highest BCUT2D eigenvalue weighted by Gasteiger charge is 2.42. The molecule has 148 valence electrons. The summed E-state index contributed by atoms with van der Waals surface area (Å²) < 4.78 is 5.40. The lowest BCUT2D eigenvalue weighted by molar-refractivity contribution is -0.121. The van der Waals surface area contributed by atoms with Gasteiger partial charge >= 0.3 is 6.03 Å². The zero-order valence-corrected chi connectivity index (χ0v) is 16.9. The largest absolute Gasteiger partial charge is 0.496 e. The molecule has 0 unspecified atom stereocenters. The summed E-state index contributed by atoms with van der Waals surface area (Å²) in [5, 5.41) is 9.36. The highest BCUT2D eigenvalue weighted by Crippen LogP contribution is 2.33. The van der Waals surface area contributed by atoms with Crippen molar-refractivity contribution < 1.29 is 14.3 Å². The number of aryl methyl sites for hydroxylation is 1. The van der Waals surface area contributed by atoms with E-state index in [4.69, 9.17) is 4.74 Å². The molecular weight excluding hydrogens is 364 g/mol. The van der Waals surface area contributed by atoms with Gasteiger partial charge in [0.15, 0.2) is 0 Å². The number of methoxy groups -OCH3 is 1. The summed E-state index contributed by atoms with van der Waals surface area (Å²) in [7, 11) is 1.65. The zero-order chi connectivity index (χ0) is 19.4. The number of fused-ring (bicyclic) bond motifs is 1. The molecule has 1 aromatic rings. The second kappa shape index (κ2) is 8.82. The summed E-state index contributed by atoms with van der Waals surface area (Å²) >= 11 is 1.91. The topological polar surface area (TPSA) is 92.3 Å². The lowest BCUT2D eigenvalue weighted by atomic mass is 10.0. The lowest BCUT2D eigenvalue weighted by Gasteiger charge is -2.16. The van der Waals surface area contributed by atoms with Gasteiger partial charge in [0.25, 0.3) is 0 Å². The van der Waals surface area contributed by atoms with E-state index in [9.17, 15) is 9.59 Å². The Morgan fingerprint density at radius 2 is 2.19 bits per heavy atom. The van der Waals surface area contributed by atoms with Crippen molar-refractivity contribution in [2.75, 3.05) is 12.9 Å². The molecule has 2 saturated heterocycles. The SMILES string of the molecule is COc1c(C)cnc(CNC(=O)CCCC[C@@H]2SC[C@@H]3NC(=O)N[C@@H]32)c1C. The predicted octanol–water partition coefficient (Wildman–Crippen LogP) is 2.05. The molecule has 3 rings (SSSR count). The van der Waals surface area contributed by atoms with E-state index in [-0.39, 0.29) is 24.0 Å². The molecule has 3 atom stereocenters. The number of aromatic nitrogens is 1. The Hall–Kier alpha value is -1.96. The van der Waals surface area contributed by atoms with Gasteiger partial charge < -0.3 is 20.7 Å². The van der Waals surface area contributed by atoms with Crippen LogP contribution in [0.3, 0.4) is 0 Å². The summed E-state index contributed by atoms with van der Waals surface area (Å²) in [6.45, 7) is 4.34. The monoisotopic (exact) mass is 392 g/mol. The van der Waals surface area contributed by atoms with Crippen LogP contribution in [0.2, 0.25) is 0 Å². The fraction of sp³-hybridized carbons (Fsp3) is 0.632. The van der Waals surface area contributed by atoms with Crippen molar-refractivity contribution in [1.82, 2.24) is 20.9 Å². The van der Waals surface area contributed by atoms with Gasteiger partial charge in [0.05, 0.1) is 31.4 Å². The zero-order valence-electron chi connectivity index (χ0n) is 16.1. The van der Waals surface area contributed by atoms with Crippen molar-refractivity contribution in [3.63, 3.8) is 0 Å². The van der Waals surface area contributed by atoms with Gasteiger partial charge in [0.2, 0.25) is 5.91 Å². The number of carbonyl (C=O) groups excluding carboxylic acids is 2. The van der Waals surface area contributed by atoms with Crippen LogP contribution in [0.15, 0.2) is 6.20 Å². The van der Waals surface area contributed by atoms with Gasteiger partial charge in [-0.25, -0.2) is 4.79 Å². The first-order chi connectivity index (χ1) is 13.0. The van der Waals surface area contributed by atoms with E-state index < -0.39 is 0 Å². The van der Waals surface area contributed by atoms with Crippen molar-refractivity contribution in [3.8, 4) is 5.75 Å². The van der Waals surface area contributed by atoms with Gasteiger partial charge in [-0.1, -0.05) is 6.42 Å². The van der Waals surface area contributed by atoms with Gasteiger partial charge in [-0.2, -0.15) is 11.8 Å². The number of hydrogen-bond donors (Lipinski definition) is 3. The number of pyridine rings is 1. The maximum absolute atomic E-state index is 12.1. The first-order valence-corrected chi connectivity index (χ1v) is 10.5. The molecule has 0 radical (unpaired) electrons. The molecule has 3 heterocycles. The van der Waals surface area contributed by atoms with E-state index >= 15 is 0 Å². The Labute approximate surface area is 164 Å². The van der Waals surface area contributed by atoms with E-state index in [1.807, 2.05) is 25.6 Å². The van der Waals surface area contributed by atoms with Crippen molar-refractivity contribution in [2.45, 2.75) is 63.4 Å². The Morgan fingerprint density at radius 1 is 1.37 bits per heavy atom. The van der Waals surface area contributed by atoms with Gasteiger partial charge in [0, 0.05) is 34.7 Å². The first kappa shape index (κ1) is 19.8. The molecule has 3 amide bonds. The molecule has 3 N–H and O–H groups in total. The van der Waals surface area contributed by atoms with Crippen molar-refractivity contribution in [1.29, 1.82) is 0 Å². The number of urea groups is 1. The minimum atomic E-state index is -0.0497. The van der Waals surface area contributed by atoms with Crippen LogP contribution < -0.4 is 20.7 Å². The van der Waals surface area contributed by atoms with Crippen molar-refractivity contribution in [3.05, 3.63) is 23.0 Å². The van der Waals surface area contributed by atoms with Crippen LogP contribution in [0.4, 0.5) is 4.79 Å². The Morgan fingerprint density at radius 3 is 2.96 bits per heavy atom. The maximum atomic E-state index is 12.1. The average Bonchev–Trinajstić information content (AvgIpc) is 3.18. The van der Waals surface area contributed by atoms with Crippen LogP contribution in [0.1, 0.15) is 42.5 Å². The van der Waals surface area contributed by atoms with Crippen LogP contribution in [0, 0.1) is 13.8 Å². The molecule has 2 aliphatic heterocycles. The molecule has 0 bridgehead atoms. The van der Waals surface area contributed by atoms with E-state index in [2.05, 4.69) is 20.9 Å². The number of ether oxygens (including phenoxy) is 1. The minimum absolute atomic E-state index is 0.0449. The summed E-state index contributed by atoms with van der Waals surface area (Å²) in [5.74, 6) is 1.85. The predicted molar refractivity (Wildman–Crippen MR) is 106 cm³/mol. The van der Waals surface area contributed by atoms with Gasteiger partial charge in [-0.15, -0.1) is 0 Å². The molecular formula is C19H28N4O3S. The van der Waals surface area contributed by atoms with Crippen LogP contribution >= 0.6 is 11.8 Å². The summed E-state index contributed by atoms with van der Waals surface area (Å²) in [4.78, 5) is 27.9. The van der Waals surface area contributed by atoms with E-state index in [0.717, 1.165) is 47.6 Å². The van der Waals surface area contributed by atoms with Gasteiger partial charge in [-0.05, 0) is 26.7 Å². The second-order valence-electron chi connectivity index (χ2n) is 7.19. The molecule has 7 nitrogen and oxygen atoms in total. The second-order valence-corrected chi connectivity index (χ2v) is 8.46. The molecule has 1 aromatic heterocycles. The van der Waals surface area contributed by atoms with E-state index in [0.29, 0.717) is 18.2 Å². The van der Waals surface area contributed by atoms with Crippen molar-refractivity contribution >= 4 is 23.7 Å². The highest BCUT2D eigenvalue weighted by atomic mass is 32.2. The fourth-order valence-electron chi connectivity index (χ4n) is 3.79. The smallest absolute Gasteiger partial charge is 0.315 e. The third kappa shape index (κ3) is 4.66. The number of nitrogens with one attached hydrogen (secondary N) is 3. The molecule has 0 aromatic carbocycles. The Kier molecular flexibility index (Phi) is 6.46. The molecule has 0 spiro atoms. The molecule has 0 saturated carbocycles. The number of rotatable bonds is 8.